The van der Waals surface area contributed by atoms with Gasteiger partial charge in [-0.15, -0.1) is 21.5 Å². The molecule has 6 rings (SSSR count). The summed E-state index contributed by atoms with van der Waals surface area (Å²) >= 11 is 1.70. The Labute approximate surface area is 245 Å². The summed E-state index contributed by atoms with van der Waals surface area (Å²) in [6, 6.07) is 10.7. The van der Waals surface area contributed by atoms with Gasteiger partial charge in [-0.05, 0) is 60.5 Å². The van der Waals surface area contributed by atoms with Gasteiger partial charge in [0.25, 0.3) is 5.88 Å². The fourth-order valence-corrected chi connectivity index (χ4v) is 6.72. The predicted molar refractivity (Wildman–Crippen MR) is 157 cm³/mol. The highest BCUT2D eigenvalue weighted by atomic mass is 32.1. The van der Waals surface area contributed by atoms with Gasteiger partial charge in [0, 0.05) is 35.0 Å². The molecule has 4 aromatic heterocycles. The fraction of sp³-hybridized carbons (Fsp3) is 0.333. The summed E-state index contributed by atoms with van der Waals surface area (Å²) in [6.45, 7) is 7.38. The van der Waals surface area contributed by atoms with Crippen molar-refractivity contribution in [3.63, 3.8) is 0 Å². The highest BCUT2D eigenvalue weighted by molar-refractivity contribution is 7.18. The van der Waals surface area contributed by atoms with E-state index < -0.39 is 11.9 Å². The van der Waals surface area contributed by atoms with Crippen molar-refractivity contribution in [2.75, 3.05) is 18.0 Å². The molecule has 11 nitrogen and oxygen atoms in total. The first-order chi connectivity index (χ1) is 20.3. The average Bonchev–Trinajstić information content (AvgIpc) is 3.57. The van der Waals surface area contributed by atoms with Crippen LogP contribution in [-0.4, -0.2) is 54.6 Å². The molecule has 0 amide bonds. The third-order valence-electron chi connectivity index (χ3n) is 7.65. The first kappa shape index (κ1) is 27.6. The smallest absolute Gasteiger partial charge is 0.314 e. The topological polar surface area (TPSA) is 148 Å². The zero-order valence-electron chi connectivity index (χ0n) is 23.4. The number of aliphatic carboxylic acids is 1. The molecule has 5 heterocycles. The number of hydrogen-bond donors (Lipinski definition) is 2. The summed E-state index contributed by atoms with van der Waals surface area (Å²) in [4.78, 5) is 24.9. The molecule has 1 saturated heterocycles. The number of nitrogens with zero attached hydrogens (tertiary/aromatic N) is 6. The SMILES string of the molecule is Cc1c(C2CCN(c3ncc(Oc4cc(C(C(=O)O)C(C)C)on4)cn3)CC2)sc2nnc(-c3ccccc3O)cc12. The van der Waals surface area contributed by atoms with E-state index in [-0.39, 0.29) is 23.3 Å². The number of phenolic OH excluding ortho intramolecular Hbond substituents is 1. The molecule has 1 fully saturated rings. The standard InChI is InChI=1S/C30H30N6O5S/c1-16(2)26(29(38)39)24-13-25(35-41-24)40-19-14-31-30(32-15-19)36-10-8-18(9-11-36)27-17(3)21-12-22(33-34-28(21)42-27)20-6-4-5-7-23(20)37/h4-7,12-16,18,26,37H,8-11H2,1-3H3,(H,38,39). The van der Waals surface area contributed by atoms with Gasteiger partial charge in [0.2, 0.25) is 5.95 Å². The number of ether oxygens (including phenoxy) is 1. The van der Waals surface area contributed by atoms with Crippen LogP contribution in [0.5, 0.6) is 17.4 Å². The lowest BCUT2D eigenvalue weighted by molar-refractivity contribution is -0.140. The number of thiophene rings is 1. The molecule has 1 aliphatic heterocycles. The molecule has 216 valence electrons. The molecule has 0 radical (unpaired) electrons. The Bertz CT molecular complexity index is 1730. The number of carboxylic acids is 1. The molecule has 0 bridgehead atoms. The number of para-hydroxylation sites is 1. The van der Waals surface area contributed by atoms with Gasteiger partial charge in [0.1, 0.15) is 16.5 Å². The Morgan fingerprint density at radius 3 is 2.55 bits per heavy atom. The maximum absolute atomic E-state index is 11.6. The lowest BCUT2D eigenvalue weighted by Gasteiger charge is -2.31. The van der Waals surface area contributed by atoms with Crippen molar-refractivity contribution in [3.05, 3.63) is 65.0 Å². The Hall–Kier alpha value is -4.58. The Kier molecular flexibility index (Phi) is 7.46. The highest BCUT2D eigenvalue weighted by Crippen LogP contribution is 2.41. The van der Waals surface area contributed by atoms with E-state index in [2.05, 4.69) is 37.1 Å². The molecule has 0 aliphatic carbocycles. The monoisotopic (exact) mass is 586 g/mol. The Morgan fingerprint density at radius 2 is 1.86 bits per heavy atom. The summed E-state index contributed by atoms with van der Waals surface area (Å²) in [7, 11) is 0. The molecule has 12 heteroatoms. The first-order valence-corrected chi connectivity index (χ1v) is 14.6. The molecule has 1 unspecified atom stereocenters. The number of rotatable bonds is 8. The molecular formula is C30H30N6O5S. The van der Waals surface area contributed by atoms with Crippen molar-refractivity contribution in [3.8, 4) is 28.6 Å². The van der Waals surface area contributed by atoms with E-state index in [1.165, 1.54) is 16.5 Å². The number of aromatic nitrogens is 5. The summed E-state index contributed by atoms with van der Waals surface area (Å²) < 4.78 is 10.9. The molecule has 5 aromatic rings. The van der Waals surface area contributed by atoms with E-state index >= 15 is 0 Å². The Morgan fingerprint density at radius 1 is 1.12 bits per heavy atom. The van der Waals surface area contributed by atoms with Crippen LogP contribution in [0.25, 0.3) is 21.5 Å². The van der Waals surface area contributed by atoms with Crippen LogP contribution in [-0.2, 0) is 4.79 Å². The highest BCUT2D eigenvalue weighted by Gasteiger charge is 2.29. The normalized spacial score (nSPS) is 14.9. The van der Waals surface area contributed by atoms with Crippen molar-refractivity contribution >= 4 is 33.5 Å². The zero-order chi connectivity index (χ0) is 29.4. The number of hydrogen-bond acceptors (Lipinski definition) is 11. The van der Waals surface area contributed by atoms with Crippen LogP contribution < -0.4 is 9.64 Å². The van der Waals surface area contributed by atoms with Gasteiger partial charge >= 0.3 is 5.97 Å². The van der Waals surface area contributed by atoms with Crippen LogP contribution in [0, 0.1) is 12.8 Å². The van der Waals surface area contributed by atoms with E-state index in [0.29, 0.717) is 28.9 Å². The second-order valence-electron chi connectivity index (χ2n) is 10.8. The van der Waals surface area contributed by atoms with Gasteiger partial charge in [-0.25, -0.2) is 9.97 Å². The molecule has 1 atom stereocenters. The minimum Gasteiger partial charge on any atom is -0.507 e. The van der Waals surface area contributed by atoms with Crippen LogP contribution >= 0.6 is 11.3 Å². The summed E-state index contributed by atoms with van der Waals surface area (Å²) in [5.74, 6) is 0.0633. The molecular weight excluding hydrogens is 556 g/mol. The minimum absolute atomic E-state index is 0.158. The van der Waals surface area contributed by atoms with Gasteiger partial charge < -0.3 is 24.4 Å². The second-order valence-corrected chi connectivity index (χ2v) is 11.8. The van der Waals surface area contributed by atoms with Crippen LogP contribution in [0.2, 0.25) is 0 Å². The van der Waals surface area contributed by atoms with Crippen molar-refractivity contribution < 1.29 is 24.3 Å². The quantitative estimate of drug-likeness (QED) is 0.216. The van der Waals surface area contributed by atoms with Crippen LogP contribution in [0.4, 0.5) is 5.95 Å². The number of benzene rings is 1. The number of piperidine rings is 1. The average molecular weight is 587 g/mol. The first-order valence-electron chi connectivity index (χ1n) is 13.8. The summed E-state index contributed by atoms with van der Waals surface area (Å²) in [5, 5.41) is 33.5. The van der Waals surface area contributed by atoms with Crippen LogP contribution in [0.3, 0.4) is 0 Å². The number of carbonyl (C=O) groups is 1. The fourth-order valence-electron chi connectivity index (χ4n) is 5.44. The van der Waals surface area contributed by atoms with Crippen LogP contribution in [0.1, 0.15) is 54.7 Å². The predicted octanol–water partition coefficient (Wildman–Crippen LogP) is 6.15. The Balaban J connectivity index is 1.10. The number of fused-ring (bicyclic) bond motifs is 1. The molecule has 1 aromatic carbocycles. The largest absolute Gasteiger partial charge is 0.507 e. The number of phenols is 1. The number of anilines is 1. The number of aromatic hydroxyl groups is 1. The van der Waals surface area contributed by atoms with Gasteiger partial charge in [0.05, 0.1) is 18.1 Å². The van der Waals surface area contributed by atoms with Crippen molar-refractivity contribution in [1.29, 1.82) is 0 Å². The van der Waals surface area contributed by atoms with E-state index in [4.69, 9.17) is 9.26 Å². The molecule has 1 aliphatic rings. The van der Waals surface area contributed by atoms with E-state index in [9.17, 15) is 15.0 Å². The maximum Gasteiger partial charge on any atom is 0.314 e. The third-order valence-corrected chi connectivity index (χ3v) is 9.01. The van der Waals surface area contributed by atoms with Crippen molar-refractivity contribution in [2.24, 2.45) is 5.92 Å². The van der Waals surface area contributed by atoms with Gasteiger partial charge in [-0.3, -0.25) is 4.79 Å². The van der Waals surface area contributed by atoms with Gasteiger partial charge in [0.15, 0.2) is 11.5 Å². The lowest BCUT2D eigenvalue weighted by Crippen LogP contribution is -2.34. The minimum atomic E-state index is -0.973. The number of aryl methyl sites for hydroxylation is 1. The lowest BCUT2D eigenvalue weighted by atomic mass is 9.92. The van der Waals surface area contributed by atoms with Crippen LogP contribution in [0.15, 0.2) is 53.3 Å². The van der Waals surface area contributed by atoms with Crippen molar-refractivity contribution in [2.45, 2.75) is 45.4 Å². The molecule has 2 N–H and O–H groups in total. The second kappa shape index (κ2) is 11.4. The zero-order valence-corrected chi connectivity index (χ0v) is 24.2. The maximum atomic E-state index is 11.6. The molecule has 0 spiro atoms. The third kappa shape index (κ3) is 5.37. The van der Waals surface area contributed by atoms with E-state index in [1.807, 2.05) is 32.0 Å². The van der Waals surface area contributed by atoms with Gasteiger partial charge in [-0.1, -0.05) is 26.0 Å². The number of carboxylic acid groups (broad SMARTS) is 1. The van der Waals surface area contributed by atoms with Gasteiger partial charge in [-0.2, -0.15) is 0 Å². The van der Waals surface area contributed by atoms with E-state index in [0.717, 1.165) is 36.1 Å². The van der Waals surface area contributed by atoms with Crippen molar-refractivity contribution in [1.82, 2.24) is 25.3 Å². The summed E-state index contributed by atoms with van der Waals surface area (Å²) in [5.41, 5.74) is 2.56. The summed E-state index contributed by atoms with van der Waals surface area (Å²) in [6.07, 6.45) is 5.07. The molecule has 0 saturated carbocycles. The van der Waals surface area contributed by atoms with E-state index in [1.54, 1.807) is 35.9 Å². The molecule has 42 heavy (non-hydrogen) atoms.